The van der Waals surface area contributed by atoms with E-state index in [4.69, 9.17) is 0 Å². The molecule has 0 radical (unpaired) electrons. The molecule has 21 heavy (non-hydrogen) atoms. The van der Waals surface area contributed by atoms with Crippen LogP contribution in [0.5, 0.6) is 0 Å². The molecule has 1 aromatic carbocycles. The first kappa shape index (κ1) is 17.0. The van der Waals surface area contributed by atoms with Gasteiger partial charge in [-0.15, -0.1) is 0 Å². The van der Waals surface area contributed by atoms with Crippen LogP contribution in [-0.4, -0.2) is 10.7 Å². The number of pyridine rings is 1. The minimum atomic E-state index is -0.467. The summed E-state index contributed by atoms with van der Waals surface area (Å²) in [4.78, 5) is 22.6. The Kier molecular flexibility index (Phi) is 5.72. The lowest BCUT2D eigenvalue weighted by molar-refractivity contribution is -0.683. The molecule has 1 aromatic heterocycles. The second kappa shape index (κ2) is 7.08. The van der Waals surface area contributed by atoms with Gasteiger partial charge in [-0.1, -0.05) is 12.1 Å². The SMILES string of the molecule is Cc1cc[n+](CC(=O)c2ccc(C)c([N+](=O)[O-])c2)cc1.[Br-]. The number of nitro groups is 1. The lowest BCUT2D eigenvalue weighted by atomic mass is 10.1. The topological polar surface area (TPSA) is 64.1 Å². The van der Waals surface area contributed by atoms with Crippen molar-refractivity contribution in [3.05, 3.63) is 69.5 Å². The Morgan fingerprint density at radius 2 is 1.81 bits per heavy atom. The fraction of sp³-hybridized carbons (Fsp3) is 0.200. The van der Waals surface area contributed by atoms with E-state index < -0.39 is 4.92 Å². The normalized spacial score (nSPS) is 9.81. The number of carbonyl (C=O) groups is 1. The Balaban J connectivity index is 0.00000220. The van der Waals surface area contributed by atoms with Crippen molar-refractivity contribution in [3.63, 3.8) is 0 Å². The molecule has 0 aliphatic carbocycles. The highest BCUT2D eigenvalue weighted by atomic mass is 79.9. The van der Waals surface area contributed by atoms with Crippen molar-refractivity contribution in [2.24, 2.45) is 0 Å². The lowest BCUT2D eigenvalue weighted by Crippen LogP contribution is -3.00. The summed E-state index contributed by atoms with van der Waals surface area (Å²) in [6.07, 6.45) is 3.63. The van der Waals surface area contributed by atoms with Gasteiger partial charge in [-0.3, -0.25) is 14.9 Å². The molecule has 0 fully saturated rings. The van der Waals surface area contributed by atoms with Gasteiger partial charge in [0, 0.05) is 29.3 Å². The highest BCUT2D eigenvalue weighted by Crippen LogP contribution is 2.19. The first-order valence-electron chi connectivity index (χ1n) is 6.21. The van der Waals surface area contributed by atoms with Crippen molar-refractivity contribution < 1.29 is 31.3 Å². The van der Waals surface area contributed by atoms with Crippen LogP contribution < -0.4 is 21.5 Å². The molecule has 6 heteroatoms. The van der Waals surface area contributed by atoms with E-state index in [9.17, 15) is 14.9 Å². The zero-order valence-electron chi connectivity index (χ0n) is 11.7. The Morgan fingerprint density at radius 1 is 1.19 bits per heavy atom. The van der Waals surface area contributed by atoms with Gasteiger partial charge in [0.2, 0.25) is 12.3 Å². The van der Waals surface area contributed by atoms with E-state index in [-0.39, 0.29) is 35.0 Å². The van der Waals surface area contributed by atoms with Gasteiger partial charge in [0.05, 0.1) is 4.92 Å². The van der Waals surface area contributed by atoms with Crippen LogP contribution in [0.15, 0.2) is 42.7 Å². The quantitative estimate of drug-likeness (QED) is 0.319. The average molecular weight is 351 g/mol. The summed E-state index contributed by atoms with van der Waals surface area (Å²) >= 11 is 0. The van der Waals surface area contributed by atoms with Gasteiger partial charge in [0.1, 0.15) is 0 Å². The second-order valence-corrected chi connectivity index (χ2v) is 4.73. The smallest absolute Gasteiger partial charge is 0.273 e. The summed E-state index contributed by atoms with van der Waals surface area (Å²) in [5, 5.41) is 10.9. The Labute approximate surface area is 133 Å². The van der Waals surface area contributed by atoms with Crippen LogP contribution in [0.1, 0.15) is 21.5 Å². The molecule has 5 nitrogen and oxygen atoms in total. The van der Waals surface area contributed by atoms with Crippen molar-refractivity contribution in [1.82, 2.24) is 0 Å². The third kappa shape index (κ3) is 4.19. The van der Waals surface area contributed by atoms with E-state index in [0.717, 1.165) is 5.56 Å². The van der Waals surface area contributed by atoms with E-state index in [0.29, 0.717) is 11.1 Å². The number of nitro benzene ring substituents is 1. The number of hydrogen-bond donors (Lipinski definition) is 0. The molecule has 0 spiro atoms. The average Bonchev–Trinajstić information content (AvgIpc) is 2.41. The minimum Gasteiger partial charge on any atom is -1.00 e. The van der Waals surface area contributed by atoms with Crippen LogP contribution in [-0.2, 0) is 6.54 Å². The summed E-state index contributed by atoms with van der Waals surface area (Å²) in [5.41, 5.74) is 1.99. The summed E-state index contributed by atoms with van der Waals surface area (Å²) < 4.78 is 1.75. The number of hydrogen-bond acceptors (Lipinski definition) is 3. The second-order valence-electron chi connectivity index (χ2n) is 4.73. The highest BCUT2D eigenvalue weighted by Gasteiger charge is 2.17. The van der Waals surface area contributed by atoms with Crippen LogP contribution in [0.3, 0.4) is 0 Å². The molecule has 0 saturated heterocycles. The Bertz CT molecular complexity index is 669. The molecule has 1 heterocycles. The number of ketones is 1. The van der Waals surface area contributed by atoms with Crippen molar-refractivity contribution >= 4 is 11.5 Å². The maximum absolute atomic E-state index is 12.1. The monoisotopic (exact) mass is 350 g/mol. The molecule has 110 valence electrons. The number of benzene rings is 1. The van der Waals surface area contributed by atoms with Gasteiger partial charge in [0.25, 0.3) is 5.69 Å². The van der Waals surface area contributed by atoms with Crippen LogP contribution >= 0.6 is 0 Å². The van der Waals surface area contributed by atoms with Crippen molar-refractivity contribution in [1.29, 1.82) is 0 Å². The fourth-order valence-corrected chi connectivity index (χ4v) is 1.87. The molecule has 0 aliphatic heterocycles. The molecule has 0 saturated carbocycles. The maximum atomic E-state index is 12.1. The molecule has 2 rings (SSSR count). The van der Waals surface area contributed by atoms with Crippen LogP contribution in [0.25, 0.3) is 0 Å². The third-order valence-corrected chi connectivity index (χ3v) is 3.11. The number of nitrogens with zero attached hydrogens (tertiary/aromatic N) is 2. The standard InChI is InChI=1S/C15H15N2O3.BrH/c1-11-5-7-16(8-6-11)10-15(18)13-4-3-12(2)14(9-13)17(19)20;/h3-9H,10H2,1-2H3;1H/q+1;/p-1. The van der Waals surface area contributed by atoms with Gasteiger partial charge in [-0.05, 0) is 19.4 Å². The molecule has 0 N–H and O–H groups in total. The molecule has 0 aliphatic rings. The molecular weight excluding hydrogens is 336 g/mol. The molecule has 0 amide bonds. The Morgan fingerprint density at radius 3 is 2.38 bits per heavy atom. The fourth-order valence-electron chi connectivity index (χ4n) is 1.87. The van der Waals surface area contributed by atoms with Crippen LogP contribution in [0.2, 0.25) is 0 Å². The van der Waals surface area contributed by atoms with Crippen LogP contribution in [0, 0.1) is 24.0 Å². The largest absolute Gasteiger partial charge is 1.00 e. The summed E-state index contributed by atoms with van der Waals surface area (Å²) in [7, 11) is 0. The minimum absolute atomic E-state index is 0. The van der Waals surface area contributed by atoms with Gasteiger partial charge >= 0.3 is 0 Å². The number of Topliss-reactive ketones (excluding diaryl/α,β-unsaturated/α-hetero) is 1. The van der Waals surface area contributed by atoms with E-state index in [2.05, 4.69) is 0 Å². The number of aryl methyl sites for hydroxylation is 2. The zero-order valence-corrected chi connectivity index (χ0v) is 13.3. The van der Waals surface area contributed by atoms with Crippen molar-refractivity contribution in [3.8, 4) is 0 Å². The number of rotatable bonds is 4. The van der Waals surface area contributed by atoms with E-state index >= 15 is 0 Å². The Hall–Kier alpha value is -2.08. The van der Waals surface area contributed by atoms with Gasteiger partial charge in [-0.25, -0.2) is 0 Å². The van der Waals surface area contributed by atoms with E-state index in [1.54, 1.807) is 23.6 Å². The third-order valence-electron chi connectivity index (χ3n) is 3.11. The number of aromatic nitrogens is 1. The van der Waals surface area contributed by atoms with Gasteiger partial charge < -0.3 is 17.0 Å². The molecule has 0 atom stereocenters. The molecular formula is C15H15BrN2O3. The first-order valence-corrected chi connectivity index (χ1v) is 6.21. The lowest BCUT2D eigenvalue weighted by Gasteiger charge is -2.01. The summed E-state index contributed by atoms with van der Waals surface area (Å²) in [6, 6.07) is 8.38. The predicted molar refractivity (Wildman–Crippen MR) is 73.5 cm³/mol. The van der Waals surface area contributed by atoms with Gasteiger partial charge in [0.15, 0.2) is 12.4 Å². The molecule has 0 unspecified atom stereocenters. The van der Waals surface area contributed by atoms with Crippen molar-refractivity contribution in [2.75, 3.05) is 0 Å². The summed E-state index contributed by atoms with van der Waals surface area (Å²) in [6.45, 7) is 3.79. The summed E-state index contributed by atoms with van der Waals surface area (Å²) in [5.74, 6) is -0.151. The number of halogens is 1. The predicted octanol–water partition coefficient (Wildman–Crippen LogP) is -0.614. The highest BCUT2D eigenvalue weighted by molar-refractivity contribution is 5.95. The number of carbonyl (C=O) groups excluding carboxylic acids is 1. The maximum Gasteiger partial charge on any atom is 0.273 e. The van der Waals surface area contributed by atoms with E-state index in [1.165, 1.54) is 6.07 Å². The van der Waals surface area contributed by atoms with Crippen LogP contribution in [0.4, 0.5) is 5.69 Å². The molecule has 2 aromatic rings. The zero-order chi connectivity index (χ0) is 14.7. The van der Waals surface area contributed by atoms with Gasteiger partial charge in [-0.2, -0.15) is 4.57 Å². The first-order chi connectivity index (χ1) is 9.47. The van der Waals surface area contributed by atoms with Crippen molar-refractivity contribution in [2.45, 2.75) is 20.4 Å². The van der Waals surface area contributed by atoms with E-state index in [1.807, 2.05) is 31.5 Å². The molecule has 0 bridgehead atoms.